The van der Waals surface area contributed by atoms with Crippen LogP contribution in [0.3, 0.4) is 0 Å². The topological polar surface area (TPSA) is 38.9 Å². The van der Waals surface area contributed by atoms with Gasteiger partial charge >= 0.3 is 0 Å². The van der Waals surface area contributed by atoms with Crippen molar-refractivity contribution in [1.82, 2.24) is 10.1 Å². The van der Waals surface area contributed by atoms with Crippen LogP contribution in [0.15, 0.2) is 22.0 Å². The predicted octanol–water partition coefficient (Wildman–Crippen LogP) is 3.69. The number of aromatic nitrogens is 2. The van der Waals surface area contributed by atoms with Gasteiger partial charge < -0.3 is 4.52 Å². The molecule has 0 N–H and O–H groups in total. The molecule has 86 valence electrons. The molecule has 0 fully saturated rings. The summed E-state index contributed by atoms with van der Waals surface area (Å²) >= 11 is 3.61. The second-order valence-electron chi connectivity index (χ2n) is 3.43. The van der Waals surface area contributed by atoms with Crippen molar-refractivity contribution in [3.8, 4) is 0 Å². The number of hydrogen-bond acceptors (Lipinski definition) is 5. The summed E-state index contributed by atoms with van der Waals surface area (Å²) in [4.78, 5) is 5.68. The zero-order chi connectivity index (χ0) is 11.4. The minimum atomic E-state index is 0.483. The summed E-state index contributed by atoms with van der Waals surface area (Å²) in [6, 6.07) is 4.24. The van der Waals surface area contributed by atoms with E-state index in [4.69, 9.17) is 4.52 Å². The second kappa shape index (κ2) is 5.50. The van der Waals surface area contributed by atoms with Gasteiger partial charge in [-0.05, 0) is 18.4 Å². The van der Waals surface area contributed by atoms with Crippen LogP contribution >= 0.6 is 23.1 Å². The molecule has 0 amide bonds. The van der Waals surface area contributed by atoms with Crippen LogP contribution in [-0.2, 0) is 12.2 Å². The van der Waals surface area contributed by atoms with Gasteiger partial charge in [0.1, 0.15) is 0 Å². The molecular formula is C11H14N2OS2. The van der Waals surface area contributed by atoms with Crippen LogP contribution in [0.2, 0.25) is 0 Å². The molecular weight excluding hydrogens is 240 g/mol. The third kappa shape index (κ3) is 2.86. The molecule has 1 unspecified atom stereocenters. The Morgan fingerprint density at radius 3 is 3.06 bits per heavy atom. The highest BCUT2D eigenvalue weighted by Gasteiger charge is 2.10. The molecule has 1 atom stereocenters. The van der Waals surface area contributed by atoms with Crippen molar-refractivity contribution < 1.29 is 4.52 Å². The minimum Gasteiger partial charge on any atom is -0.338 e. The number of nitrogens with zero attached hydrogens (tertiary/aromatic N) is 2. The average Bonchev–Trinajstić information content (AvgIpc) is 2.96. The molecule has 0 spiro atoms. The van der Waals surface area contributed by atoms with E-state index < -0.39 is 0 Å². The van der Waals surface area contributed by atoms with Gasteiger partial charge in [0.05, 0.1) is 5.75 Å². The van der Waals surface area contributed by atoms with Gasteiger partial charge in [0.15, 0.2) is 5.82 Å². The Bertz CT molecular complexity index is 425. The van der Waals surface area contributed by atoms with Gasteiger partial charge in [-0.2, -0.15) is 4.98 Å². The lowest BCUT2D eigenvalue weighted by molar-refractivity contribution is 0.385. The second-order valence-corrected chi connectivity index (χ2v) is 5.73. The highest BCUT2D eigenvalue weighted by atomic mass is 32.2. The van der Waals surface area contributed by atoms with E-state index in [9.17, 15) is 0 Å². The van der Waals surface area contributed by atoms with Gasteiger partial charge in [-0.3, -0.25) is 0 Å². The highest BCUT2D eigenvalue weighted by Crippen LogP contribution is 2.33. The van der Waals surface area contributed by atoms with Crippen molar-refractivity contribution in [1.29, 1.82) is 0 Å². The molecule has 0 bridgehead atoms. The van der Waals surface area contributed by atoms with Crippen molar-refractivity contribution in [3.05, 3.63) is 34.1 Å². The standard InChI is InChI=1S/C11H14N2OS2/c1-3-10-12-11(14-13-10)7-16-8(2)9-5-4-6-15-9/h4-6,8H,3,7H2,1-2H3. The zero-order valence-corrected chi connectivity index (χ0v) is 11.0. The van der Waals surface area contributed by atoms with Crippen LogP contribution in [0.4, 0.5) is 0 Å². The van der Waals surface area contributed by atoms with Crippen molar-refractivity contribution in [2.75, 3.05) is 0 Å². The third-order valence-electron chi connectivity index (χ3n) is 2.23. The molecule has 2 aromatic heterocycles. The van der Waals surface area contributed by atoms with E-state index in [1.807, 2.05) is 18.7 Å². The van der Waals surface area contributed by atoms with Crippen molar-refractivity contribution in [2.45, 2.75) is 31.3 Å². The Balaban J connectivity index is 1.87. The van der Waals surface area contributed by atoms with Gasteiger partial charge in [0.2, 0.25) is 5.89 Å². The molecule has 16 heavy (non-hydrogen) atoms. The molecule has 3 nitrogen and oxygen atoms in total. The summed E-state index contributed by atoms with van der Waals surface area (Å²) < 4.78 is 5.14. The van der Waals surface area contributed by atoms with E-state index in [-0.39, 0.29) is 0 Å². The Labute approximate surface area is 103 Å². The monoisotopic (exact) mass is 254 g/mol. The van der Waals surface area contributed by atoms with Crippen LogP contribution in [0.1, 0.15) is 35.7 Å². The molecule has 0 aliphatic carbocycles. The van der Waals surface area contributed by atoms with E-state index in [1.165, 1.54) is 4.88 Å². The first-order valence-corrected chi connectivity index (χ1v) is 7.19. The lowest BCUT2D eigenvalue weighted by Gasteiger charge is -2.06. The molecule has 0 aliphatic rings. The molecule has 0 aliphatic heterocycles. The summed E-state index contributed by atoms with van der Waals surface area (Å²) in [5.41, 5.74) is 0. The first-order valence-electron chi connectivity index (χ1n) is 5.26. The Morgan fingerprint density at radius 2 is 2.44 bits per heavy atom. The quantitative estimate of drug-likeness (QED) is 0.815. The third-order valence-corrected chi connectivity index (χ3v) is 4.60. The lowest BCUT2D eigenvalue weighted by Crippen LogP contribution is -1.87. The van der Waals surface area contributed by atoms with Gasteiger partial charge in [-0.15, -0.1) is 23.1 Å². The normalized spacial score (nSPS) is 12.9. The van der Waals surface area contributed by atoms with Crippen LogP contribution in [0, 0.1) is 0 Å². The number of thioether (sulfide) groups is 1. The molecule has 0 radical (unpaired) electrons. The summed E-state index contributed by atoms with van der Waals surface area (Å²) in [6.07, 6.45) is 0.828. The van der Waals surface area contributed by atoms with Crippen molar-refractivity contribution >= 4 is 23.1 Å². The lowest BCUT2D eigenvalue weighted by atomic mass is 10.4. The van der Waals surface area contributed by atoms with E-state index in [0.717, 1.165) is 23.9 Å². The molecule has 2 heterocycles. The maximum absolute atomic E-state index is 5.14. The van der Waals surface area contributed by atoms with Crippen LogP contribution < -0.4 is 0 Å². The van der Waals surface area contributed by atoms with E-state index in [1.54, 1.807) is 11.3 Å². The van der Waals surface area contributed by atoms with Gasteiger partial charge in [0.25, 0.3) is 0 Å². The smallest absolute Gasteiger partial charge is 0.236 e. The van der Waals surface area contributed by atoms with Crippen molar-refractivity contribution in [2.24, 2.45) is 0 Å². The maximum atomic E-state index is 5.14. The fourth-order valence-electron chi connectivity index (χ4n) is 1.29. The summed E-state index contributed by atoms with van der Waals surface area (Å²) in [7, 11) is 0. The molecule has 5 heteroatoms. The largest absolute Gasteiger partial charge is 0.338 e. The molecule has 0 saturated heterocycles. The predicted molar refractivity (Wildman–Crippen MR) is 67.7 cm³/mol. The molecule has 2 rings (SSSR count). The first kappa shape index (κ1) is 11.7. The fourth-order valence-corrected chi connectivity index (χ4v) is 3.08. The Kier molecular flexibility index (Phi) is 4.01. The van der Waals surface area contributed by atoms with Crippen LogP contribution in [0.25, 0.3) is 0 Å². The van der Waals surface area contributed by atoms with Gasteiger partial charge in [-0.25, -0.2) is 0 Å². The summed E-state index contributed by atoms with van der Waals surface area (Å²) in [5, 5.41) is 6.47. The Morgan fingerprint density at radius 1 is 1.56 bits per heavy atom. The van der Waals surface area contributed by atoms with Crippen molar-refractivity contribution in [3.63, 3.8) is 0 Å². The van der Waals surface area contributed by atoms with Gasteiger partial charge in [0, 0.05) is 16.5 Å². The minimum absolute atomic E-state index is 0.483. The SMILES string of the molecule is CCc1noc(CSC(C)c2cccs2)n1. The van der Waals surface area contributed by atoms with E-state index >= 15 is 0 Å². The number of rotatable bonds is 5. The first-order chi connectivity index (χ1) is 7.79. The number of thiophene rings is 1. The zero-order valence-electron chi connectivity index (χ0n) is 9.34. The molecule has 0 aromatic carbocycles. The Hall–Kier alpha value is -0.810. The van der Waals surface area contributed by atoms with Crippen LogP contribution in [0.5, 0.6) is 0 Å². The van der Waals surface area contributed by atoms with Gasteiger partial charge in [-0.1, -0.05) is 18.1 Å². The molecule has 2 aromatic rings. The van der Waals surface area contributed by atoms with Crippen LogP contribution in [-0.4, -0.2) is 10.1 Å². The van der Waals surface area contributed by atoms with E-state index in [2.05, 4.69) is 34.6 Å². The number of aryl methyl sites for hydroxylation is 1. The highest BCUT2D eigenvalue weighted by molar-refractivity contribution is 7.98. The fraction of sp³-hybridized carbons (Fsp3) is 0.455. The average molecular weight is 254 g/mol. The summed E-state index contributed by atoms with van der Waals surface area (Å²) in [5.74, 6) is 2.30. The molecule has 0 saturated carbocycles. The number of hydrogen-bond donors (Lipinski definition) is 0. The maximum Gasteiger partial charge on any atom is 0.236 e. The van der Waals surface area contributed by atoms with E-state index in [0.29, 0.717) is 5.25 Å². The summed E-state index contributed by atoms with van der Waals surface area (Å²) in [6.45, 7) is 4.23.